The van der Waals surface area contributed by atoms with Gasteiger partial charge in [0.15, 0.2) is 0 Å². The Labute approximate surface area is 164 Å². The Hall–Kier alpha value is -2.30. The van der Waals surface area contributed by atoms with Gasteiger partial charge in [-0.25, -0.2) is 0 Å². The maximum atomic E-state index is 9.83. The minimum Gasteiger partial charge on any atom is -0.495 e. The number of aliphatic hydroxyl groups is 1. The van der Waals surface area contributed by atoms with E-state index in [1.54, 1.807) is 13.3 Å². The van der Waals surface area contributed by atoms with E-state index in [1.807, 2.05) is 18.2 Å². The molecule has 1 aliphatic carbocycles. The van der Waals surface area contributed by atoms with Gasteiger partial charge in [-0.1, -0.05) is 29.3 Å². The minimum atomic E-state index is -0.0542. The Morgan fingerprint density at radius 3 is 2.74 bits per heavy atom. The molecule has 2 aromatic carbocycles. The number of aliphatic hydroxyl groups excluding tert-OH is 1. The molecule has 5 heteroatoms. The molecule has 0 radical (unpaired) electrons. The van der Waals surface area contributed by atoms with Crippen LogP contribution in [0.25, 0.3) is 10.9 Å². The fraction of sp³-hybridized carbons (Fsp3) is 0.318. The number of hydrogen-bond acceptors (Lipinski definition) is 4. The Balaban J connectivity index is 1.72. The van der Waals surface area contributed by atoms with Crippen molar-refractivity contribution in [1.82, 2.24) is 4.98 Å². The molecule has 0 aliphatic heterocycles. The van der Waals surface area contributed by atoms with E-state index in [4.69, 9.17) is 16.3 Å². The molecule has 0 spiro atoms. The molecule has 0 atom stereocenters. The number of aromatic nitrogens is 1. The Morgan fingerprint density at radius 2 is 2.07 bits per heavy atom. The van der Waals surface area contributed by atoms with Crippen molar-refractivity contribution in [3.63, 3.8) is 0 Å². The molecule has 27 heavy (non-hydrogen) atoms. The van der Waals surface area contributed by atoms with Gasteiger partial charge >= 0.3 is 0 Å². The molecule has 1 saturated carbocycles. The van der Waals surface area contributed by atoms with Crippen molar-refractivity contribution in [2.24, 2.45) is 0 Å². The van der Waals surface area contributed by atoms with Crippen molar-refractivity contribution < 1.29 is 9.84 Å². The molecule has 4 nitrogen and oxygen atoms in total. The fourth-order valence-corrected chi connectivity index (χ4v) is 3.85. The van der Waals surface area contributed by atoms with E-state index in [0.717, 1.165) is 27.7 Å². The van der Waals surface area contributed by atoms with E-state index in [-0.39, 0.29) is 6.61 Å². The quantitative estimate of drug-likeness (QED) is 0.616. The van der Waals surface area contributed by atoms with Gasteiger partial charge in [0.1, 0.15) is 5.75 Å². The molecule has 140 valence electrons. The number of nitrogens with zero attached hydrogens (tertiary/aromatic N) is 1. The summed E-state index contributed by atoms with van der Waals surface area (Å²) in [4.78, 5) is 4.67. The highest BCUT2D eigenvalue weighted by molar-refractivity contribution is 6.32. The van der Waals surface area contributed by atoms with Gasteiger partial charge in [0, 0.05) is 23.7 Å². The van der Waals surface area contributed by atoms with Crippen LogP contribution in [0.15, 0.2) is 36.5 Å². The van der Waals surface area contributed by atoms with E-state index in [0.29, 0.717) is 23.2 Å². The smallest absolute Gasteiger partial charge is 0.137 e. The van der Waals surface area contributed by atoms with Crippen LogP contribution in [0.5, 0.6) is 5.75 Å². The lowest BCUT2D eigenvalue weighted by Gasteiger charge is -2.16. The first kappa shape index (κ1) is 18.1. The van der Waals surface area contributed by atoms with Crippen LogP contribution in [0, 0.1) is 6.92 Å². The molecule has 1 aliphatic rings. The SMILES string of the molecule is COc1ccc(CNc2c(CO)cnc3c(C4CC4)cc(C)cc23)cc1Cl. The molecule has 1 fully saturated rings. The maximum Gasteiger partial charge on any atom is 0.137 e. The molecule has 1 heterocycles. The van der Waals surface area contributed by atoms with Crippen LogP contribution in [-0.2, 0) is 13.2 Å². The lowest BCUT2D eigenvalue weighted by Crippen LogP contribution is -2.05. The van der Waals surface area contributed by atoms with Gasteiger partial charge in [-0.05, 0) is 55.0 Å². The molecule has 3 aromatic rings. The topological polar surface area (TPSA) is 54.4 Å². The van der Waals surface area contributed by atoms with Crippen LogP contribution in [0.3, 0.4) is 0 Å². The normalized spacial score (nSPS) is 13.8. The second-order valence-electron chi connectivity index (χ2n) is 7.16. The Kier molecular flexibility index (Phi) is 4.94. The second-order valence-corrected chi connectivity index (χ2v) is 7.57. The first-order valence-corrected chi connectivity index (χ1v) is 9.57. The fourth-order valence-electron chi connectivity index (χ4n) is 3.57. The van der Waals surface area contributed by atoms with Crippen LogP contribution >= 0.6 is 11.6 Å². The first-order valence-electron chi connectivity index (χ1n) is 9.20. The van der Waals surface area contributed by atoms with Crippen molar-refractivity contribution in [2.45, 2.75) is 38.8 Å². The van der Waals surface area contributed by atoms with Gasteiger partial charge in [0.05, 0.1) is 29.9 Å². The summed E-state index contributed by atoms with van der Waals surface area (Å²) in [5.41, 5.74) is 6.37. The van der Waals surface area contributed by atoms with Gasteiger partial charge in [-0.2, -0.15) is 0 Å². The van der Waals surface area contributed by atoms with E-state index in [9.17, 15) is 5.11 Å². The standard InChI is InChI=1S/C22H23ClN2O2/c1-13-7-17(15-4-5-15)22-18(8-13)21(16(12-26)11-25-22)24-10-14-3-6-20(27-2)19(23)9-14/h3,6-9,11,15,26H,4-5,10,12H2,1-2H3,(H,24,25). The minimum absolute atomic E-state index is 0.0542. The predicted molar refractivity (Wildman–Crippen MR) is 110 cm³/mol. The number of halogens is 1. The predicted octanol–water partition coefficient (Wildman–Crippen LogP) is 5.19. The summed E-state index contributed by atoms with van der Waals surface area (Å²) in [5.74, 6) is 1.28. The molecule has 0 saturated heterocycles. The van der Waals surface area contributed by atoms with Crippen LogP contribution in [0.1, 0.15) is 41.0 Å². The van der Waals surface area contributed by atoms with Crippen molar-refractivity contribution >= 4 is 28.2 Å². The van der Waals surface area contributed by atoms with E-state index >= 15 is 0 Å². The zero-order valence-electron chi connectivity index (χ0n) is 15.6. The second kappa shape index (κ2) is 7.37. The molecule has 4 rings (SSSR count). The van der Waals surface area contributed by atoms with Crippen LogP contribution in [0.2, 0.25) is 5.02 Å². The number of nitrogens with one attached hydrogen (secondary N) is 1. The number of ether oxygens (including phenoxy) is 1. The molecular weight excluding hydrogens is 360 g/mol. The third kappa shape index (κ3) is 3.60. The van der Waals surface area contributed by atoms with Gasteiger partial charge in [-0.3, -0.25) is 4.98 Å². The number of rotatable bonds is 6. The number of pyridine rings is 1. The number of methoxy groups -OCH3 is 1. The summed E-state index contributed by atoms with van der Waals surface area (Å²) in [5, 5.41) is 15.0. The zero-order chi connectivity index (χ0) is 19.0. The number of hydrogen-bond donors (Lipinski definition) is 2. The molecule has 2 N–H and O–H groups in total. The van der Waals surface area contributed by atoms with Crippen molar-refractivity contribution in [3.8, 4) is 5.75 Å². The van der Waals surface area contributed by atoms with Crippen LogP contribution in [0.4, 0.5) is 5.69 Å². The van der Waals surface area contributed by atoms with Gasteiger partial charge in [0.25, 0.3) is 0 Å². The monoisotopic (exact) mass is 382 g/mol. The average Bonchev–Trinajstić information content (AvgIpc) is 3.50. The number of anilines is 1. The van der Waals surface area contributed by atoms with Gasteiger partial charge < -0.3 is 15.2 Å². The first-order chi connectivity index (χ1) is 13.1. The zero-order valence-corrected chi connectivity index (χ0v) is 16.3. The summed E-state index contributed by atoms with van der Waals surface area (Å²) in [6.45, 7) is 2.66. The van der Waals surface area contributed by atoms with Crippen molar-refractivity contribution in [1.29, 1.82) is 0 Å². The van der Waals surface area contributed by atoms with E-state index < -0.39 is 0 Å². The Bertz CT molecular complexity index is 999. The summed E-state index contributed by atoms with van der Waals surface area (Å²) >= 11 is 6.25. The molecule has 0 amide bonds. The number of benzene rings is 2. The molecule has 0 bridgehead atoms. The highest BCUT2D eigenvalue weighted by Gasteiger charge is 2.27. The molecular formula is C22H23ClN2O2. The Morgan fingerprint density at radius 1 is 1.26 bits per heavy atom. The summed E-state index contributed by atoms with van der Waals surface area (Å²) < 4.78 is 5.22. The third-order valence-electron chi connectivity index (χ3n) is 5.10. The molecule has 1 aromatic heterocycles. The lowest BCUT2D eigenvalue weighted by atomic mass is 9.99. The van der Waals surface area contributed by atoms with E-state index in [2.05, 4.69) is 29.4 Å². The third-order valence-corrected chi connectivity index (χ3v) is 5.39. The van der Waals surface area contributed by atoms with Crippen molar-refractivity contribution in [2.75, 3.05) is 12.4 Å². The van der Waals surface area contributed by atoms with Crippen molar-refractivity contribution in [3.05, 3.63) is 63.8 Å². The number of aryl methyl sites for hydroxylation is 1. The van der Waals surface area contributed by atoms with Crippen LogP contribution in [-0.4, -0.2) is 17.2 Å². The maximum absolute atomic E-state index is 9.83. The number of fused-ring (bicyclic) bond motifs is 1. The van der Waals surface area contributed by atoms with Gasteiger partial charge in [-0.15, -0.1) is 0 Å². The summed E-state index contributed by atoms with van der Waals surface area (Å²) in [7, 11) is 1.61. The summed E-state index contributed by atoms with van der Waals surface area (Å²) in [6, 6.07) is 10.2. The van der Waals surface area contributed by atoms with Gasteiger partial charge in [0.2, 0.25) is 0 Å². The van der Waals surface area contributed by atoms with E-state index in [1.165, 1.54) is 24.0 Å². The largest absolute Gasteiger partial charge is 0.495 e. The molecule has 0 unspecified atom stereocenters. The highest BCUT2D eigenvalue weighted by Crippen LogP contribution is 2.44. The highest BCUT2D eigenvalue weighted by atomic mass is 35.5. The average molecular weight is 383 g/mol. The lowest BCUT2D eigenvalue weighted by molar-refractivity contribution is 0.282. The van der Waals surface area contributed by atoms with Crippen LogP contribution < -0.4 is 10.1 Å². The summed E-state index contributed by atoms with van der Waals surface area (Å²) in [6.07, 6.45) is 4.25.